The molecule has 8 heteroatoms. The largest absolute Gasteiger partial charge is 0.357 e. The van der Waals surface area contributed by atoms with Gasteiger partial charge in [0.15, 0.2) is 17.6 Å². The van der Waals surface area contributed by atoms with Crippen LogP contribution in [-0.4, -0.2) is 50.5 Å². The van der Waals surface area contributed by atoms with E-state index in [9.17, 15) is 13.6 Å². The zero-order valence-electron chi connectivity index (χ0n) is 17.7. The van der Waals surface area contributed by atoms with Crippen LogP contribution in [0.5, 0.6) is 0 Å². The smallest absolute Gasteiger partial charge is 0.230 e. The third kappa shape index (κ3) is 6.79. The lowest BCUT2D eigenvalue weighted by Crippen LogP contribution is -2.43. The number of carbonyl (C=O) groups is 1. The molecule has 1 aromatic carbocycles. The quantitative estimate of drug-likeness (QED) is 0.325. The summed E-state index contributed by atoms with van der Waals surface area (Å²) >= 11 is 0. The molecule has 1 amide bonds. The number of carbonyl (C=O) groups excluding carboxylic acids is 1. The maximum atomic E-state index is 13.5. The molecule has 0 aromatic heterocycles. The second-order valence-corrected chi connectivity index (χ2v) is 7.84. The number of aliphatic imine (C=N–C) groups is 1. The Morgan fingerprint density at radius 1 is 1.21 bits per heavy atom. The average Bonchev–Trinajstić information content (AvgIpc) is 3.15. The zero-order valence-corrected chi connectivity index (χ0v) is 20.1. The van der Waals surface area contributed by atoms with E-state index >= 15 is 0 Å². The highest BCUT2D eigenvalue weighted by Crippen LogP contribution is 2.39. The number of rotatable bonds is 7. The fourth-order valence-electron chi connectivity index (χ4n) is 3.72. The summed E-state index contributed by atoms with van der Waals surface area (Å²) in [5.74, 6) is -0.932. The fraction of sp³-hybridized carbons (Fsp3) is 0.619. The van der Waals surface area contributed by atoms with Gasteiger partial charge in [0.2, 0.25) is 5.91 Å². The van der Waals surface area contributed by atoms with E-state index in [2.05, 4.69) is 15.6 Å². The number of hydrogen-bond acceptors (Lipinski definition) is 2. The van der Waals surface area contributed by atoms with Crippen molar-refractivity contribution in [3.8, 4) is 0 Å². The summed E-state index contributed by atoms with van der Waals surface area (Å²) < 4.78 is 26.6. The molecule has 1 aliphatic rings. The number of nitrogens with one attached hydrogen (secondary N) is 2. The van der Waals surface area contributed by atoms with Gasteiger partial charge in [0.25, 0.3) is 0 Å². The Morgan fingerprint density at radius 2 is 1.86 bits per heavy atom. The van der Waals surface area contributed by atoms with E-state index in [4.69, 9.17) is 0 Å². The summed E-state index contributed by atoms with van der Waals surface area (Å²) in [6, 6.07) is 3.98. The number of benzene rings is 1. The molecule has 2 rings (SSSR count). The van der Waals surface area contributed by atoms with Crippen molar-refractivity contribution in [2.24, 2.45) is 10.4 Å². The van der Waals surface area contributed by atoms with E-state index in [1.807, 2.05) is 13.8 Å². The Morgan fingerprint density at radius 3 is 2.41 bits per heavy atom. The Kier molecular flexibility index (Phi) is 10.3. The minimum atomic E-state index is -0.841. The summed E-state index contributed by atoms with van der Waals surface area (Å²) in [6.45, 7) is 5.58. The third-order valence-corrected chi connectivity index (χ3v) is 5.39. The first-order valence-electron chi connectivity index (χ1n) is 9.98. The molecule has 0 aliphatic heterocycles. The van der Waals surface area contributed by atoms with Crippen LogP contribution in [0.1, 0.15) is 51.0 Å². The van der Waals surface area contributed by atoms with E-state index < -0.39 is 17.0 Å². The first-order chi connectivity index (χ1) is 13.3. The van der Waals surface area contributed by atoms with E-state index in [-0.39, 0.29) is 35.8 Å². The van der Waals surface area contributed by atoms with Crippen LogP contribution in [0.2, 0.25) is 0 Å². The normalized spacial score (nSPS) is 16.7. The van der Waals surface area contributed by atoms with Crippen molar-refractivity contribution in [3.05, 3.63) is 35.4 Å². The molecule has 164 valence electrons. The molecule has 1 unspecified atom stereocenters. The second kappa shape index (κ2) is 11.7. The van der Waals surface area contributed by atoms with Gasteiger partial charge in [-0.2, -0.15) is 0 Å². The molecule has 0 radical (unpaired) electrons. The van der Waals surface area contributed by atoms with Crippen LogP contribution in [0.15, 0.2) is 23.2 Å². The average molecular weight is 522 g/mol. The Hall–Kier alpha value is -1.45. The van der Waals surface area contributed by atoms with Crippen LogP contribution in [0.3, 0.4) is 0 Å². The number of nitrogens with zero attached hydrogens (tertiary/aromatic N) is 2. The van der Waals surface area contributed by atoms with Crippen molar-refractivity contribution in [3.63, 3.8) is 0 Å². The molecule has 1 atom stereocenters. The van der Waals surface area contributed by atoms with Gasteiger partial charge in [0, 0.05) is 27.2 Å². The van der Waals surface area contributed by atoms with Gasteiger partial charge in [-0.3, -0.25) is 9.79 Å². The second-order valence-electron chi connectivity index (χ2n) is 7.84. The van der Waals surface area contributed by atoms with Crippen LogP contribution in [0.4, 0.5) is 8.78 Å². The minimum absolute atomic E-state index is 0. The maximum absolute atomic E-state index is 13.5. The van der Waals surface area contributed by atoms with Crippen LogP contribution < -0.4 is 10.6 Å². The van der Waals surface area contributed by atoms with E-state index in [1.54, 1.807) is 25.1 Å². The van der Waals surface area contributed by atoms with Gasteiger partial charge in [0.05, 0.1) is 12.0 Å². The molecule has 29 heavy (non-hydrogen) atoms. The molecule has 0 saturated heterocycles. The number of guanidine groups is 1. The van der Waals surface area contributed by atoms with Crippen LogP contribution in [-0.2, 0) is 4.79 Å². The van der Waals surface area contributed by atoms with Crippen LogP contribution in [0, 0.1) is 17.0 Å². The topological polar surface area (TPSA) is 56.7 Å². The van der Waals surface area contributed by atoms with Crippen molar-refractivity contribution < 1.29 is 13.6 Å². The number of halogens is 3. The monoisotopic (exact) mass is 522 g/mol. The molecule has 1 aromatic rings. The van der Waals surface area contributed by atoms with Gasteiger partial charge < -0.3 is 15.5 Å². The predicted molar refractivity (Wildman–Crippen MR) is 124 cm³/mol. The van der Waals surface area contributed by atoms with Crippen molar-refractivity contribution in [1.29, 1.82) is 0 Å². The van der Waals surface area contributed by atoms with Gasteiger partial charge in [-0.15, -0.1) is 24.0 Å². The highest BCUT2D eigenvalue weighted by molar-refractivity contribution is 14.0. The van der Waals surface area contributed by atoms with Crippen molar-refractivity contribution in [2.45, 2.75) is 45.4 Å². The summed E-state index contributed by atoms with van der Waals surface area (Å²) in [4.78, 5) is 19.0. The molecule has 0 heterocycles. The standard InChI is InChI=1S/C21H32F2N4O.HI/c1-5-24-20(25-13-15(2)16-8-9-17(22)18(23)12-16)26-14-21(10-6-7-11-21)19(28)27(3)4;/h8-9,12,15H,5-7,10-11,13-14H2,1-4H3,(H2,24,25,26);1H. The molecule has 5 nitrogen and oxygen atoms in total. The molecule has 1 aliphatic carbocycles. The van der Waals surface area contributed by atoms with Crippen molar-refractivity contribution in [2.75, 3.05) is 33.7 Å². The molecule has 2 N–H and O–H groups in total. The van der Waals surface area contributed by atoms with Gasteiger partial charge in [-0.25, -0.2) is 8.78 Å². The van der Waals surface area contributed by atoms with E-state index in [0.717, 1.165) is 37.3 Å². The first kappa shape index (κ1) is 25.6. The predicted octanol–water partition coefficient (Wildman–Crippen LogP) is 3.89. The number of hydrogen-bond donors (Lipinski definition) is 2. The summed E-state index contributed by atoms with van der Waals surface area (Å²) in [5, 5.41) is 6.46. The SMILES string of the molecule is CCNC(=NCC1(C(=O)N(C)C)CCCC1)NCC(C)c1ccc(F)c(F)c1.I. The van der Waals surface area contributed by atoms with E-state index in [1.165, 1.54) is 6.07 Å². The first-order valence-corrected chi connectivity index (χ1v) is 9.98. The highest BCUT2D eigenvalue weighted by atomic mass is 127. The number of amides is 1. The molecule has 1 fully saturated rings. The van der Waals surface area contributed by atoms with Gasteiger partial charge in [0.1, 0.15) is 0 Å². The molecular formula is C21H33F2IN4O. The summed E-state index contributed by atoms with van der Waals surface area (Å²) in [6.07, 6.45) is 3.81. The lowest BCUT2D eigenvalue weighted by molar-refractivity contribution is -0.138. The Labute approximate surface area is 189 Å². The zero-order chi connectivity index (χ0) is 20.7. The Bertz CT molecular complexity index is 706. The van der Waals surface area contributed by atoms with Gasteiger partial charge >= 0.3 is 0 Å². The molecule has 1 saturated carbocycles. The maximum Gasteiger partial charge on any atom is 0.230 e. The minimum Gasteiger partial charge on any atom is -0.357 e. The third-order valence-electron chi connectivity index (χ3n) is 5.39. The molecule has 0 spiro atoms. The molecule has 0 bridgehead atoms. The van der Waals surface area contributed by atoms with Crippen LogP contribution in [0.25, 0.3) is 0 Å². The fourth-order valence-corrected chi connectivity index (χ4v) is 3.72. The van der Waals surface area contributed by atoms with Gasteiger partial charge in [-0.1, -0.05) is 25.8 Å². The lowest BCUT2D eigenvalue weighted by atomic mass is 9.85. The summed E-state index contributed by atoms with van der Waals surface area (Å²) in [7, 11) is 3.58. The molecular weight excluding hydrogens is 489 g/mol. The summed E-state index contributed by atoms with van der Waals surface area (Å²) in [5.41, 5.74) is 0.301. The lowest BCUT2D eigenvalue weighted by Gasteiger charge is -2.29. The van der Waals surface area contributed by atoms with Crippen molar-refractivity contribution >= 4 is 35.8 Å². The van der Waals surface area contributed by atoms with E-state index in [0.29, 0.717) is 25.6 Å². The van der Waals surface area contributed by atoms with Gasteiger partial charge in [-0.05, 0) is 43.4 Å². The highest BCUT2D eigenvalue weighted by Gasteiger charge is 2.42. The Balaban J connectivity index is 0.00000420. The van der Waals surface area contributed by atoms with Crippen molar-refractivity contribution in [1.82, 2.24) is 15.5 Å². The van der Waals surface area contributed by atoms with Crippen LogP contribution >= 0.6 is 24.0 Å².